The number of carbonyl (C=O) groups excluding carboxylic acids is 1. The van der Waals surface area contributed by atoms with E-state index in [1.54, 1.807) is 6.92 Å². The van der Waals surface area contributed by atoms with E-state index in [2.05, 4.69) is 79.7 Å². The van der Waals surface area contributed by atoms with Crippen molar-refractivity contribution >= 4 is 5.78 Å². The van der Waals surface area contributed by atoms with Gasteiger partial charge < -0.3 is 0 Å². The average molecular weight is 419 g/mol. The number of fused-ring (bicyclic) bond motifs is 6. The Hall–Kier alpha value is -3.45. The van der Waals surface area contributed by atoms with Crippen LogP contribution in [0.25, 0.3) is 22.3 Å². The zero-order valence-electron chi connectivity index (χ0n) is 18.1. The summed E-state index contributed by atoms with van der Waals surface area (Å²) in [7, 11) is 0. The minimum absolute atomic E-state index is 0. The lowest BCUT2D eigenvalue weighted by Crippen LogP contribution is -1.93. The lowest BCUT2D eigenvalue weighted by Gasteiger charge is -2.02. The number of hydrogen-bond donors (Lipinski definition) is 0. The van der Waals surface area contributed by atoms with Gasteiger partial charge in [0.25, 0.3) is 0 Å². The SMILES string of the molecule is C.CC(=O)c1ccc2c(c1)Cc1ccccc1-2.CCc1ccc2c(c1)Cc1ccccc1-2. The number of rotatable bonds is 2. The number of benzene rings is 4. The van der Waals surface area contributed by atoms with Crippen molar-refractivity contribution in [1.29, 1.82) is 0 Å². The third kappa shape index (κ3) is 3.91. The smallest absolute Gasteiger partial charge is 0.159 e. The van der Waals surface area contributed by atoms with Crippen molar-refractivity contribution in [1.82, 2.24) is 0 Å². The highest BCUT2D eigenvalue weighted by molar-refractivity contribution is 5.95. The van der Waals surface area contributed by atoms with E-state index in [1.807, 2.05) is 12.1 Å². The molecule has 1 nitrogen and oxygen atoms in total. The second-order valence-corrected chi connectivity index (χ2v) is 8.44. The maximum atomic E-state index is 11.3. The molecule has 0 atom stereocenters. The summed E-state index contributed by atoms with van der Waals surface area (Å²) in [5, 5.41) is 0. The first-order valence-corrected chi connectivity index (χ1v) is 11.1. The van der Waals surface area contributed by atoms with E-state index in [0.29, 0.717) is 0 Å². The first-order chi connectivity index (χ1) is 15.1. The predicted octanol–water partition coefficient (Wildman–Crippen LogP) is 7.92. The first-order valence-electron chi connectivity index (χ1n) is 11.1. The van der Waals surface area contributed by atoms with E-state index in [-0.39, 0.29) is 13.2 Å². The molecule has 0 fully saturated rings. The van der Waals surface area contributed by atoms with Gasteiger partial charge in [0.1, 0.15) is 0 Å². The monoisotopic (exact) mass is 418 g/mol. The molecule has 0 aliphatic heterocycles. The van der Waals surface area contributed by atoms with Crippen LogP contribution in [0.3, 0.4) is 0 Å². The molecule has 0 unspecified atom stereocenters. The lowest BCUT2D eigenvalue weighted by molar-refractivity contribution is 0.101. The van der Waals surface area contributed by atoms with Gasteiger partial charge in [0.05, 0.1) is 0 Å². The molecule has 2 aliphatic rings. The van der Waals surface area contributed by atoms with Crippen molar-refractivity contribution in [2.45, 2.75) is 40.5 Å². The van der Waals surface area contributed by atoms with Crippen molar-refractivity contribution in [3.05, 3.63) is 118 Å². The van der Waals surface area contributed by atoms with E-state index in [4.69, 9.17) is 0 Å². The van der Waals surface area contributed by atoms with Gasteiger partial charge >= 0.3 is 0 Å². The second kappa shape index (κ2) is 8.96. The van der Waals surface area contributed by atoms with E-state index < -0.39 is 0 Å². The molecule has 1 heteroatoms. The van der Waals surface area contributed by atoms with Crippen molar-refractivity contribution < 1.29 is 4.79 Å². The van der Waals surface area contributed by atoms with Crippen LogP contribution in [0.1, 0.15) is 59.4 Å². The first kappa shape index (κ1) is 21.8. The Morgan fingerprint density at radius 2 is 1.16 bits per heavy atom. The molecule has 160 valence electrons. The van der Waals surface area contributed by atoms with Crippen molar-refractivity contribution in [2.24, 2.45) is 0 Å². The maximum absolute atomic E-state index is 11.3. The molecule has 0 heterocycles. The van der Waals surface area contributed by atoms with Gasteiger partial charge in [-0.1, -0.05) is 93.2 Å². The molecular formula is C31H30O. The number of Topliss-reactive ketones (excluding diaryl/α,β-unsaturated/α-hetero) is 1. The Bertz CT molecular complexity index is 1300. The Morgan fingerprint density at radius 3 is 1.72 bits per heavy atom. The lowest BCUT2D eigenvalue weighted by atomic mass is 10.0. The van der Waals surface area contributed by atoms with E-state index in [0.717, 1.165) is 24.8 Å². The fourth-order valence-corrected chi connectivity index (χ4v) is 4.78. The Labute approximate surface area is 191 Å². The zero-order chi connectivity index (χ0) is 21.4. The Kier molecular flexibility index (Phi) is 6.10. The van der Waals surface area contributed by atoms with Gasteiger partial charge in [0.2, 0.25) is 0 Å². The van der Waals surface area contributed by atoms with Crippen LogP contribution in [0.2, 0.25) is 0 Å². The molecule has 32 heavy (non-hydrogen) atoms. The molecular weight excluding hydrogens is 388 g/mol. The Morgan fingerprint density at radius 1 is 0.656 bits per heavy atom. The van der Waals surface area contributed by atoms with Crippen LogP contribution in [-0.4, -0.2) is 5.78 Å². The molecule has 0 saturated heterocycles. The molecule has 2 aliphatic carbocycles. The van der Waals surface area contributed by atoms with Crippen LogP contribution in [0.5, 0.6) is 0 Å². The highest BCUT2D eigenvalue weighted by Gasteiger charge is 2.18. The van der Waals surface area contributed by atoms with Crippen LogP contribution < -0.4 is 0 Å². The fraction of sp³-hybridized carbons (Fsp3) is 0.194. The number of ketones is 1. The van der Waals surface area contributed by atoms with Gasteiger partial charge in [0.15, 0.2) is 5.78 Å². The minimum atomic E-state index is 0. The summed E-state index contributed by atoms with van der Waals surface area (Å²) in [4.78, 5) is 11.3. The van der Waals surface area contributed by atoms with Gasteiger partial charge in [-0.25, -0.2) is 0 Å². The van der Waals surface area contributed by atoms with Gasteiger partial charge in [-0.05, 0) is 82.3 Å². The van der Waals surface area contributed by atoms with Crippen LogP contribution >= 0.6 is 0 Å². The number of carbonyl (C=O) groups is 1. The van der Waals surface area contributed by atoms with Crippen molar-refractivity contribution in [3.63, 3.8) is 0 Å². The third-order valence-corrected chi connectivity index (χ3v) is 6.47. The number of hydrogen-bond acceptors (Lipinski definition) is 1. The summed E-state index contributed by atoms with van der Waals surface area (Å²) in [6, 6.07) is 30.1. The second-order valence-electron chi connectivity index (χ2n) is 8.44. The molecule has 0 aromatic heterocycles. The third-order valence-electron chi connectivity index (χ3n) is 6.47. The molecule has 6 rings (SSSR count). The highest BCUT2D eigenvalue weighted by Crippen LogP contribution is 2.37. The quantitative estimate of drug-likeness (QED) is 0.261. The Balaban J connectivity index is 0.000000149. The predicted molar refractivity (Wildman–Crippen MR) is 135 cm³/mol. The van der Waals surface area contributed by atoms with E-state index in [9.17, 15) is 4.79 Å². The van der Waals surface area contributed by atoms with Crippen LogP contribution in [0.4, 0.5) is 0 Å². The summed E-state index contributed by atoms with van der Waals surface area (Å²) in [6.07, 6.45) is 3.19. The largest absolute Gasteiger partial charge is 0.295 e. The van der Waals surface area contributed by atoms with Crippen LogP contribution in [0.15, 0.2) is 84.9 Å². The molecule has 4 aromatic rings. The minimum Gasteiger partial charge on any atom is -0.295 e. The van der Waals surface area contributed by atoms with Crippen molar-refractivity contribution in [3.8, 4) is 22.3 Å². The number of aryl methyl sites for hydroxylation is 1. The molecule has 0 N–H and O–H groups in total. The molecule has 0 radical (unpaired) electrons. The molecule has 4 aromatic carbocycles. The van der Waals surface area contributed by atoms with Crippen LogP contribution in [0, 0.1) is 0 Å². The maximum Gasteiger partial charge on any atom is 0.159 e. The summed E-state index contributed by atoms with van der Waals surface area (Å²) in [6.45, 7) is 3.83. The normalized spacial score (nSPS) is 11.8. The zero-order valence-corrected chi connectivity index (χ0v) is 18.1. The van der Waals surface area contributed by atoms with Gasteiger partial charge in [-0.2, -0.15) is 0 Å². The fourth-order valence-electron chi connectivity index (χ4n) is 4.78. The van der Waals surface area contributed by atoms with E-state index >= 15 is 0 Å². The van der Waals surface area contributed by atoms with Gasteiger partial charge in [-0.15, -0.1) is 0 Å². The standard InChI is InChI=1S/C15H12O.C15H14.CH4/c1-10(16)11-6-7-15-13(8-11)9-12-4-2-3-5-14(12)15;1-2-11-7-8-15-13(9-11)10-12-5-3-4-6-14(12)15;/h2-8H,9H2,1H3;3-9H,2,10H2,1H3;1H4. The van der Waals surface area contributed by atoms with Gasteiger partial charge in [0, 0.05) is 5.56 Å². The average Bonchev–Trinajstić information content (AvgIpc) is 3.36. The molecule has 0 saturated carbocycles. The van der Waals surface area contributed by atoms with E-state index in [1.165, 1.54) is 50.1 Å². The molecule has 0 amide bonds. The highest BCUT2D eigenvalue weighted by atomic mass is 16.1. The summed E-state index contributed by atoms with van der Waals surface area (Å²) >= 11 is 0. The van der Waals surface area contributed by atoms with Crippen molar-refractivity contribution in [2.75, 3.05) is 0 Å². The summed E-state index contributed by atoms with van der Waals surface area (Å²) < 4.78 is 0. The molecule has 0 bridgehead atoms. The van der Waals surface area contributed by atoms with Crippen LogP contribution in [-0.2, 0) is 19.3 Å². The molecule has 0 spiro atoms. The summed E-state index contributed by atoms with van der Waals surface area (Å²) in [5.74, 6) is 0.138. The summed E-state index contributed by atoms with van der Waals surface area (Å²) in [5.41, 5.74) is 13.3. The topological polar surface area (TPSA) is 17.1 Å². The van der Waals surface area contributed by atoms with Gasteiger partial charge in [-0.3, -0.25) is 4.79 Å².